The van der Waals surface area contributed by atoms with Gasteiger partial charge in [-0.05, 0) is 42.3 Å². The van der Waals surface area contributed by atoms with Crippen molar-refractivity contribution in [3.8, 4) is 16.8 Å². The molecule has 3 rings (SSSR count). The number of benzene rings is 2. The lowest BCUT2D eigenvalue weighted by molar-refractivity contribution is -0.143. The van der Waals surface area contributed by atoms with Crippen LogP contribution in [0.25, 0.3) is 16.8 Å². The van der Waals surface area contributed by atoms with Gasteiger partial charge in [-0.2, -0.15) is 18.3 Å². The summed E-state index contributed by atoms with van der Waals surface area (Å²) in [5.74, 6) is 4.34. The average Bonchev–Trinajstić information content (AvgIpc) is 3.14. The van der Waals surface area contributed by atoms with Crippen molar-refractivity contribution in [2.45, 2.75) is 13.1 Å². The Balaban J connectivity index is 2.10. The molecule has 146 valence electrons. The van der Waals surface area contributed by atoms with Gasteiger partial charge in [-0.1, -0.05) is 24.3 Å². The van der Waals surface area contributed by atoms with Gasteiger partial charge in [-0.3, -0.25) is 5.84 Å². The molecule has 0 saturated heterocycles. The minimum Gasteiger partial charge on any atom is -0.462 e. The highest BCUT2D eigenvalue weighted by molar-refractivity contribution is 5.90. The first-order valence-corrected chi connectivity index (χ1v) is 8.35. The number of nitrogens with one attached hydrogen (secondary N) is 1. The molecule has 0 aliphatic carbocycles. The number of nitrogens with zero attached hydrogens (tertiary/aromatic N) is 2. The van der Waals surface area contributed by atoms with Crippen LogP contribution in [0, 0.1) is 0 Å². The number of esters is 1. The number of aromatic nitrogens is 2. The van der Waals surface area contributed by atoms with Gasteiger partial charge < -0.3 is 10.2 Å². The van der Waals surface area contributed by atoms with Crippen LogP contribution in [0.5, 0.6) is 0 Å². The molecule has 0 fully saturated rings. The Morgan fingerprint density at radius 3 is 2.50 bits per heavy atom. The predicted molar refractivity (Wildman–Crippen MR) is 97.8 cm³/mol. The zero-order chi connectivity index (χ0) is 20.3. The van der Waals surface area contributed by atoms with Crippen LogP contribution in [0.2, 0.25) is 0 Å². The second-order valence-corrected chi connectivity index (χ2v) is 5.81. The molecule has 3 N–H and O–H groups in total. The zero-order valence-corrected chi connectivity index (χ0v) is 14.8. The highest BCUT2D eigenvalue weighted by Crippen LogP contribution is 2.34. The van der Waals surface area contributed by atoms with Crippen molar-refractivity contribution in [3.63, 3.8) is 0 Å². The molecule has 0 radical (unpaired) electrons. The number of halogens is 3. The van der Waals surface area contributed by atoms with Gasteiger partial charge in [0.2, 0.25) is 0 Å². The third-order valence-corrected chi connectivity index (χ3v) is 3.99. The molecule has 3 aromatic rings. The number of carbonyl (C=O) groups is 1. The van der Waals surface area contributed by atoms with E-state index in [1.807, 2.05) is 0 Å². The van der Waals surface area contributed by atoms with E-state index < -0.39 is 23.4 Å². The molecule has 1 aromatic heterocycles. The summed E-state index contributed by atoms with van der Waals surface area (Å²) in [4.78, 5) is 11.9. The van der Waals surface area contributed by atoms with Gasteiger partial charge in [0, 0.05) is 5.69 Å². The van der Waals surface area contributed by atoms with Crippen molar-refractivity contribution in [2.75, 3.05) is 12.0 Å². The Hall–Kier alpha value is -3.33. The van der Waals surface area contributed by atoms with Gasteiger partial charge in [0.25, 0.3) is 0 Å². The molecular formula is C19H17F3N4O2. The van der Waals surface area contributed by atoms with E-state index in [1.54, 1.807) is 42.5 Å². The quantitative estimate of drug-likeness (QED) is 0.391. The molecule has 0 spiro atoms. The number of hydrogen-bond donors (Lipinski definition) is 2. The summed E-state index contributed by atoms with van der Waals surface area (Å²) in [5, 5.41) is 3.79. The molecule has 0 aliphatic rings. The van der Waals surface area contributed by atoms with E-state index in [-0.39, 0.29) is 12.3 Å². The highest BCUT2D eigenvalue weighted by Gasteiger charge is 2.41. The van der Waals surface area contributed by atoms with Crippen LogP contribution in [-0.4, -0.2) is 22.4 Å². The average molecular weight is 390 g/mol. The van der Waals surface area contributed by atoms with Crippen LogP contribution >= 0.6 is 0 Å². The Morgan fingerprint density at radius 2 is 1.86 bits per heavy atom. The first-order chi connectivity index (χ1) is 13.3. The van der Waals surface area contributed by atoms with Gasteiger partial charge in [-0.15, -0.1) is 0 Å². The highest BCUT2D eigenvalue weighted by atomic mass is 19.4. The summed E-state index contributed by atoms with van der Waals surface area (Å²) < 4.78 is 46.4. The lowest BCUT2D eigenvalue weighted by Crippen LogP contribution is -2.18. The molecular weight excluding hydrogens is 373 g/mol. The Kier molecular flexibility index (Phi) is 5.36. The first-order valence-electron chi connectivity index (χ1n) is 8.35. The van der Waals surface area contributed by atoms with Crippen LogP contribution in [0.3, 0.4) is 0 Å². The van der Waals surface area contributed by atoms with Crippen molar-refractivity contribution >= 4 is 11.7 Å². The fourth-order valence-electron chi connectivity index (χ4n) is 2.78. The fraction of sp³-hybridized carbons (Fsp3) is 0.158. The summed E-state index contributed by atoms with van der Waals surface area (Å²) >= 11 is 0. The van der Waals surface area contributed by atoms with Crippen LogP contribution in [0.4, 0.5) is 18.9 Å². The van der Waals surface area contributed by atoms with Gasteiger partial charge >= 0.3 is 12.1 Å². The van der Waals surface area contributed by atoms with Crippen molar-refractivity contribution in [3.05, 3.63) is 66.0 Å². The Labute approximate surface area is 158 Å². The molecule has 6 nitrogen and oxygen atoms in total. The second kappa shape index (κ2) is 7.73. The number of carbonyl (C=O) groups excluding carboxylic acids is 1. The summed E-state index contributed by atoms with van der Waals surface area (Å²) in [6.07, 6.45) is -3.93. The van der Waals surface area contributed by atoms with Crippen LogP contribution < -0.4 is 11.3 Å². The van der Waals surface area contributed by atoms with E-state index in [9.17, 15) is 18.0 Å². The van der Waals surface area contributed by atoms with Crippen LogP contribution in [0.15, 0.2) is 54.7 Å². The van der Waals surface area contributed by atoms with E-state index in [2.05, 4.69) is 10.5 Å². The molecule has 0 aliphatic heterocycles. The summed E-state index contributed by atoms with van der Waals surface area (Å²) in [6.45, 7) is 1.48. The molecule has 0 bridgehead atoms. The lowest BCUT2D eigenvalue weighted by atomic mass is 10.0. The van der Waals surface area contributed by atoms with Crippen LogP contribution in [-0.2, 0) is 10.9 Å². The predicted octanol–water partition coefficient (Wildman–Crippen LogP) is 4.02. The van der Waals surface area contributed by atoms with E-state index >= 15 is 0 Å². The van der Waals surface area contributed by atoms with E-state index in [1.165, 1.54) is 13.0 Å². The number of hydrogen-bond acceptors (Lipinski definition) is 5. The largest absolute Gasteiger partial charge is 0.462 e. The summed E-state index contributed by atoms with van der Waals surface area (Å²) in [5.41, 5.74) is 2.94. The number of nitrogen functional groups attached to an aromatic ring is 1. The molecule has 2 aromatic carbocycles. The summed E-state index contributed by atoms with van der Waals surface area (Å²) in [6, 6.07) is 13.5. The van der Waals surface area contributed by atoms with E-state index in [0.29, 0.717) is 15.9 Å². The van der Waals surface area contributed by atoms with Gasteiger partial charge in [-0.25, -0.2) is 9.48 Å². The molecule has 28 heavy (non-hydrogen) atoms. The number of hydrazine groups is 1. The van der Waals surface area contributed by atoms with Crippen LogP contribution in [0.1, 0.15) is 23.0 Å². The van der Waals surface area contributed by atoms with Crippen molar-refractivity contribution in [1.82, 2.24) is 9.78 Å². The van der Waals surface area contributed by atoms with Crippen molar-refractivity contribution < 1.29 is 22.7 Å². The van der Waals surface area contributed by atoms with Gasteiger partial charge in [0.1, 0.15) is 5.56 Å². The molecule has 0 atom stereocenters. The maximum absolute atomic E-state index is 13.7. The van der Waals surface area contributed by atoms with Gasteiger partial charge in [0.15, 0.2) is 5.69 Å². The Morgan fingerprint density at radius 1 is 1.18 bits per heavy atom. The monoisotopic (exact) mass is 390 g/mol. The Bertz CT molecular complexity index is 999. The number of nitrogens with two attached hydrogens (primary N) is 1. The third-order valence-electron chi connectivity index (χ3n) is 3.99. The molecule has 0 saturated carbocycles. The minimum absolute atomic E-state index is 0.0394. The molecule has 1 heterocycles. The number of ether oxygens (including phenoxy) is 1. The molecule has 0 unspecified atom stereocenters. The van der Waals surface area contributed by atoms with Gasteiger partial charge in [0.05, 0.1) is 18.5 Å². The summed E-state index contributed by atoms with van der Waals surface area (Å²) in [7, 11) is 0. The third kappa shape index (κ3) is 3.84. The zero-order valence-electron chi connectivity index (χ0n) is 14.8. The lowest BCUT2D eigenvalue weighted by Gasteiger charge is -2.13. The number of rotatable bonds is 5. The smallest absolute Gasteiger partial charge is 0.434 e. The first kappa shape index (κ1) is 19.4. The number of alkyl halides is 3. The second-order valence-electron chi connectivity index (χ2n) is 5.81. The molecule has 0 amide bonds. The standard InChI is InChI=1S/C19H17F3N4O2/c1-2-28-18(27)16-11-24-26(17(16)19(20,21)22)15-8-4-6-13(10-15)12-5-3-7-14(9-12)25-23/h3-11,25H,2,23H2,1H3. The fourth-order valence-corrected chi connectivity index (χ4v) is 2.78. The van der Waals surface area contributed by atoms with E-state index in [4.69, 9.17) is 10.6 Å². The van der Waals surface area contributed by atoms with Crippen molar-refractivity contribution in [2.24, 2.45) is 5.84 Å². The number of anilines is 1. The normalized spacial score (nSPS) is 11.3. The van der Waals surface area contributed by atoms with E-state index in [0.717, 1.165) is 11.8 Å². The molecule has 9 heteroatoms. The topological polar surface area (TPSA) is 82.2 Å². The maximum atomic E-state index is 13.7. The van der Waals surface area contributed by atoms with Crippen molar-refractivity contribution in [1.29, 1.82) is 0 Å². The maximum Gasteiger partial charge on any atom is 0.434 e. The SMILES string of the molecule is CCOC(=O)c1cnn(-c2cccc(-c3cccc(NN)c3)c2)c1C(F)(F)F. The minimum atomic E-state index is -4.79.